The lowest BCUT2D eigenvalue weighted by atomic mass is 10.1. The Morgan fingerprint density at radius 3 is 1.26 bits per heavy atom. The Bertz CT molecular complexity index is 366. The molecule has 0 spiro atoms. The molecule has 0 saturated carbocycles. The molecule has 0 N–H and O–H groups in total. The van der Waals surface area contributed by atoms with Gasteiger partial charge in [-0.05, 0) is 51.4 Å². The molecule has 2 unspecified atom stereocenters. The van der Waals surface area contributed by atoms with Crippen molar-refractivity contribution in [3.05, 3.63) is 24.3 Å². The summed E-state index contributed by atoms with van der Waals surface area (Å²) < 4.78 is 17.0. The molecular weight excluding hydrogens is 431 g/mol. The van der Waals surface area contributed by atoms with Crippen LogP contribution in [0.4, 0.5) is 0 Å². The molecule has 0 aromatic carbocycles. The van der Waals surface area contributed by atoms with Gasteiger partial charge in [-0.15, -0.1) is 23.2 Å². The van der Waals surface area contributed by atoms with Gasteiger partial charge in [0.05, 0.1) is 0 Å². The van der Waals surface area contributed by atoms with E-state index in [0.29, 0.717) is 0 Å². The molecule has 0 rings (SSSR count). The van der Waals surface area contributed by atoms with Crippen molar-refractivity contribution < 1.29 is 14.2 Å². The van der Waals surface area contributed by atoms with E-state index < -0.39 is 0 Å². The first-order valence-corrected chi connectivity index (χ1v) is 13.5. The van der Waals surface area contributed by atoms with Crippen LogP contribution >= 0.6 is 23.2 Å². The van der Waals surface area contributed by atoms with Crippen LogP contribution in [0, 0.1) is 0 Å². The summed E-state index contributed by atoms with van der Waals surface area (Å²) in [6, 6.07) is 0. The molecule has 0 amide bonds. The minimum absolute atomic E-state index is 0.220. The largest absolute Gasteiger partial charge is 0.356 e. The van der Waals surface area contributed by atoms with Gasteiger partial charge >= 0.3 is 0 Å². The third-order valence-corrected chi connectivity index (χ3v) is 5.84. The lowest BCUT2D eigenvalue weighted by molar-refractivity contribution is -0.232. The SMILES string of the molecule is COC(CCC=CCCCCCCCCl)OC(CCC=CCCCCCCCCl)OC. The van der Waals surface area contributed by atoms with Gasteiger partial charge in [0.1, 0.15) is 0 Å². The van der Waals surface area contributed by atoms with Gasteiger partial charge in [-0.2, -0.15) is 0 Å². The highest BCUT2D eigenvalue weighted by Gasteiger charge is 2.14. The Balaban J connectivity index is 3.77. The Morgan fingerprint density at radius 1 is 0.516 bits per heavy atom. The number of allylic oxidation sites excluding steroid dienone is 4. The Kier molecular flexibility index (Phi) is 26.1. The van der Waals surface area contributed by atoms with Gasteiger partial charge in [0, 0.05) is 38.8 Å². The number of unbranched alkanes of at least 4 members (excludes halogenated alkanes) is 10. The van der Waals surface area contributed by atoms with Gasteiger partial charge in [0.25, 0.3) is 0 Å². The molecule has 0 aliphatic heterocycles. The van der Waals surface area contributed by atoms with Gasteiger partial charge in [0.2, 0.25) is 0 Å². The molecule has 0 fully saturated rings. The summed E-state index contributed by atoms with van der Waals surface area (Å²) >= 11 is 11.4. The fourth-order valence-corrected chi connectivity index (χ4v) is 3.74. The standard InChI is InChI=1S/C26H48Cl2O3/c1-29-25(21-17-13-9-5-3-7-11-15-19-23-27)31-26(30-2)22-18-14-10-6-4-8-12-16-20-24-28/h9-10,13-14,25-26H,3-8,11-12,15-24H2,1-2H3. The quantitative estimate of drug-likeness (QED) is 0.0599. The highest BCUT2D eigenvalue weighted by atomic mass is 35.5. The first kappa shape index (κ1) is 30.9. The maximum Gasteiger partial charge on any atom is 0.160 e. The normalized spacial score (nSPS) is 14.1. The lowest BCUT2D eigenvalue weighted by Crippen LogP contribution is -2.25. The number of halogens is 2. The molecule has 184 valence electrons. The molecule has 0 aliphatic rings. The maximum absolute atomic E-state index is 5.98. The summed E-state index contributed by atoms with van der Waals surface area (Å²) in [5.41, 5.74) is 0. The predicted molar refractivity (Wildman–Crippen MR) is 136 cm³/mol. The van der Waals surface area contributed by atoms with Crippen LogP contribution in [0.1, 0.15) is 103 Å². The van der Waals surface area contributed by atoms with Gasteiger partial charge in [-0.3, -0.25) is 0 Å². The van der Waals surface area contributed by atoms with E-state index in [2.05, 4.69) is 24.3 Å². The third kappa shape index (κ3) is 22.9. The molecule has 31 heavy (non-hydrogen) atoms. The van der Waals surface area contributed by atoms with Crippen LogP contribution in [-0.4, -0.2) is 38.6 Å². The van der Waals surface area contributed by atoms with Gasteiger partial charge in [-0.25, -0.2) is 0 Å². The Labute approximate surface area is 202 Å². The van der Waals surface area contributed by atoms with Crippen LogP contribution in [0.5, 0.6) is 0 Å². The minimum atomic E-state index is -0.220. The molecule has 0 aliphatic carbocycles. The average Bonchev–Trinajstić information content (AvgIpc) is 2.79. The second-order valence-corrected chi connectivity index (χ2v) is 8.81. The summed E-state index contributed by atoms with van der Waals surface area (Å²) in [5, 5.41) is 0. The Hall–Kier alpha value is -0.0600. The fourth-order valence-electron chi connectivity index (χ4n) is 3.36. The smallest absolute Gasteiger partial charge is 0.160 e. The molecule has 3 nitrogen and oxygen atoms in total. The fraction of sp³-hybridized carbons (Fsp3) is 0.846. The van der Waals surface area contributed by atoms with Crippen molar-refractivity contribution in [3.63, 3.8) is 0 Å². The summed E-state index contributed by atoms with van der Waals surface area (Å²) in [6.07, 6.45) is 27.0. The lowest BCUT2D eigenvalue weighted by Gasteiger charge is -2.22. The van der Waals surface area contributed by atoms with E-state index in [-0.39, 0.29) is 12.6 Å². The van der Waals surface area contributed by atoms with Crippen molar-refractivity contribution in [3.8, 4) is 0 Å². The number of alkyl halides is 2. The minimum Gasteiger partial charge on any atom is -0.356 e. The van der Waals surface area contributed by atoms with Crippen molar-refractivity contribution in [2.75, 3.05) is 26.0 Å². The zero-order chi connectivity index (χ0) is 22.8. The van der Waals surface area contributed by atoms with Crippen LogP contribution in [0.25, 0.3) is 0 Å². The highest BCUT2D eigenvalue weighted by Crippen LogP contribution is 2.14. The summed E-state index contributed by atoms with van der Waals surface area (Å²) in [7, 11) is 3.41. The summed E-state index contributed by atoms with van der Waals surface area (Å²) in [6.45, 7) is 0. The van der Waals surface area contributed by atoms with E-state index in [0.717, 1.165) is 63.1 Å². The van der Waals surface area contributed by atoms with Crippen LogP contribution in [0.3, 0.4) is 0 Å². The average molecular weight is 480 g/mol. The van der Waals surface area contributed by atoms with Gasteiger partial charge in [0.15, 0.2) is 12.6 Å². The van der Waals surface area contributed by atoms with Crippen molar-refractivity contribution >= 4 is 23.2 Å². The third-order valence-electron chi connectivity index (χ3n) is 5.31. The second-order valence-electron chi connectivity index (χ2n) is 8.05. The zero-order valence-electron chi connectivity index (χ0n) is 20.2. The van der Waals surface area contributed by atoms with Gasteiger partial charge < -0.3 is 14.2 Å². The molecule has 0 aromatic heterocycles. The monoisotopic (exact) mass is 478 g/mol. The molecular formula is C26H48Cl2O3. The molecule has 0 bridgehead atoms. The predicted octanol–water partition coefficient (Wildman–Crippen LogP) is 8.78. The van der Waals surface area contributed by atoms with Crippen LogP contribution < -0.4 is 0 Å². The van der Waals surface area contributed by atoms with E-state index in [1.165, 1.54) is 51.4 Å². The zero-order valence-corrected chi connectivity index (χ0v) is 21.7. The molecule has 0 aromatic rings. The molecule has 0 radical (unpaired) electrons. The number of hydrogen-bond donors (Lipinski definition) is 0. The van der Waals surface area contributed by atoms with E-state index in [4.69, 9.17) is 37.4 Å². The van der Waals surface area contributed by atoms with Crippen LogP contribution in [0.15, 0.2) is 24.3 Å². The molecule has 0 heterocycles. The van der Waals surface area contributed by atoms with E-state index in [9.17, 15) is 0 Å². The van der Waals surface area contributed by atoms with Crippen LogP contribution in [-0.2, 0) is 14.2 Å². The first-order chi connectivity index (χ1) is 15.3. The number of methoxy groups -OCH3 is 2. The van der Waals surface area contributed by atoms with Crippen LogP contribution in [0.2, 0.25) is 0 Å². The number of ether oxygens (including phenoxy) is 3. The number of hydrogen-bond acceptors (Lipinski definition) is 3. The topological polar surface area (TPSA) is 27.7 Å². The highest BCUT2D eigenvalue weighted by molar-refractivity contribution is 6.18. The summed E-state index contributed by atoms with van der Waals surface area (Å²) in [4.78, 5) is 0. The van der Waals surface area contributed by atoms with Crippen molar-refractivity contribution in [1.29, 1.82) is 0 Å². The Morgan fingerprint density at radius 2 is 0.871 bits per heavy atom. The maximum atomic E-state index is 5.98. The summed E-state index contributed by atoms with van der Waals surface area (Å²) in [5.74, 6) is 1.58. The van der Waals surface area contributed by atoms with Gasteiger partial charge in [-0.1, -0.05) is 62.8 Å². The van der Waals surface area contributed by atoms with E-state index in [1.807, 2.05) is 0 Å². The molecule has 0 saturated heterocycles. The molecule has 2 atom stereocenters. The van der Waals surface area contributed by atoms with E-state index in [1.54, 1.807) is 14.2 Å². The second kappa shape index (κ2) is 26.2. The van der Waals surface area contributed by atoms with Crippen molar-refractivity contribution in [2.24, 2.45) is 0 Å². The molecule has 5 heteroatoms. The van der Waals surface area contributed by atoms with Crippen molar-refractivity contribution in [2.45, 2.75) is 115 Å². The van der Waals surface area contributed by atoms with Crippen molar-refractivity contribution in [1.82, 2.24) is 0 Å². The first-order valence-electron chi connectivity index (χ1n) is 12.4. The number of rotatable bonds is 24. The van der Waals surface area contributed by atoms with E-state index >= 15 is 0 Å².